The topological polar surface area (TPSA) is 66.4 Å². The van der Waals surface area contributed by atoms with E-state index in [-0.39, 0.29) is 0 Å². The van der Waals surface area contributed by atoms with Gasteiger partial charge in [-0.3, -0.25) is 4.79 Å². The summed E-state index contributed by atoms with van der Waals surface area (Å²) in [6.07, 6.45) is 1.74. The lowest BCUT2D eigenvalue weighted by molar-refractivity contribution is -0.131. The Labute approximate surface area is 109 Å². The van der Waals surface area contributed by atoms with Crippen molar-refractivity contribution in [2.75, 3.05) is 5.32 Å². The van der Waals surface area contributed by atoms with Crippen molar-refractivity contribution in [3.63, 3.8) is 0 Å². The van der Waals surface area contributed by atoms with Gasteiger partial charge in [0, 0.05) is 21.1 Å². The highest BCUT2D eigenvalue weighted by Gasteiger charge is 2.03. The third kappa shape index (κ3) is 4.16. The van der Waals surface area contributed by atoms with Gasteiger partial charge >= 0.3 is 5.97 Å². The molecule has 2 N–H and O–H groups in total. The van der Waals surface area contributed by atoms with Crippen LogP contribution in [0.2, 0.25) is 0 Å². The monoisotopic (exact) mass is 347 g/mol. The molecule has 6 heteroatoms. The van der Waals surface area contributed by atoms with Gasteiger partial charge < -0.3 is 10.4 Å². The third-order valence-electron chi connectivity index (χ3n) is 1.57. The summed E-state index contributed by atoms with van der Waals surface area (Å²) in [6.45, 7) is 0. The van der Waals surface area contributed by atoms with E-state index in [9.17, 15) is 9.59 Å². The second-order valence-electron chi connectivity index (χ2n) is 2.78. The molecule has 1 aromatic rings. The predicted octanol–water partition coefficient (Wildman–Crippen LogP) is 2.79. The highest BCUT2D eigenvalue weighted by atomic mass is 79.9. The Morgan fingerprint density at radius 2 is 1.94 bits per heavy atom. The van der Waals surface area contributed by atoms with Crippen molar-refractivity contribution < 1.29 is 14.7 Å². The molecule has 84 valence electrons. The van der Waals surface area contributed by atoms with Gasteiger partial charge in [0.15, 0.2) is 0 Å². The fraction of sp³-hybridized carbons (Fsp3) is 0. The zero-order chi connectivity index (χ0) is 12.1. The number of carboxylic acid groups (broad SMARTS) is 1. The largest absolute Gasteiger partial charge is 0.478 e. The number of halogens is 2. The molecule has 0 atom stereocenters. The number of nitrogens with one attached hydrogen (secondary N) is 1. The van der Waals surface area contributed by atoms with Crippen molar-refractivity contribution in [3.05, 3.63) is 39.3 Å². The van der Waals surface area contributed by atoms with Crippen molar-refractivity contribution in [2.45, 2.75) is 0 Å². The smallest absolute Gasteiger partial charge is 0.328 e. The van der Waals surface area contributed by atoms with E-state index in [1.165, 1.54) is 0 Å². The first-order valence-corrected chi connectivity index (χ1v) is 5.74. The molecule has 16 heavy (non-hydrogen) atoms. The van der Waals surface area contributed by atoms with Crippen LogP contribution in [0.1, 0.15) is 0 Å². The quantitative estimate of drug-likeness (QED) is 0.825. The first kappa shape index (κ1) is 12.9. The minimum Gasteiger partial charge on any atom is -0.478 e. The molecule has 0 aliphatic heterocycles. The third-order valence-corrected chi connectivity index (χ3v) is 2.72. The molecule has 0 saturated heterocycles. The summed E-state index contributed by atoms with van der Waals surface area (Å²) in [7, 11) is 0. The first-order valence-electron chi connectivity index (χ1n) is 4.16. The van der Waals surface area contributed by atoms with E-state index < -0.39 is 11.9 Å². The van der Waals surface area contributed by atoms with Gasteiger partial charge in [0.2, 0.25) is 5.91 Å². The van der Waals surface area contributed by atoms with Crippen LogP contribution >= 0.6 is 31.9 Å². The molecule has 0 aliphatic carbocycles. The van der Waals surface area contributed by atoms with Gasteiger partial charge in [-0.1, -0.05) is 15.9 Å². The van der Waals surface area contributed by atoms with E-state index in [4.69, 9.17) is 5.11 Å². The van der Waals surface area contributed by atoms with Crippen LogP contribution in [0.3, 0.4) is 0 Å². The fourth-order valence-electron chi connectivity index (χ4n) is 0.912. The molecule has 0 saturated carbocycles. The number of carbonyl (C=O) groups is 2. The molecule has 0 radical (unpaired) electrons. The van der Waals surface area contributed by atoms with E-state index in [0.717, 1.165) is 16.6 Å². The Bertz CT molecular complexity index is 457. The summed E-state index contributed by atoms with van der Waals surface area (Å²) in [6, 6.07) is 5.23. The SMILES string of the molecule is O=C(O)C=CC(=O)Nc1ccc(Br)cc1Br. The van der Waals surface area contributed by atoms with Gasteiger partial charge in [0.05, 0.1) is 5.69 Å². The number of rotatable bonds is 3. The number of hydrogen-bond acceptors (Lipinski definition) is 2. The maximum absolute atomic E-state index is 11.3. The molecule has 0 aliphatic rings. The zero-order valence-corrected chi connectivity index (χ0v) is 11.1. The number of aliphatic carboxylic acids is 1. The average molecular weight is 349 g/mol. The highest BCUT2D eigenvalue weighted by Crippen LogP contribution is 2.25. The van der Waals surface area contributed by atoms with E-state index in [1.807, 2.05) is 0 Å². The second kappa shape index (κ2) is 5.81. The van der Waals surface area contributed by atoms with Gasteiger partial charge in [-0.2, -0.15) is 0 Å². The number of benzene rings is 1. The van der Waals surface area contributed by atoms with E-state index in [0.29, 0.717) is 10.2 Å². The normalized spacial score (nSPS) is 10.4. The van der Waals surface area contributed by atoms with Crippen LogP contribution in [0.15, 0.2) is 39.3 Å². The summed E-state index contributed by atoms with van der Waals surface area (Å²) < 4.78 is 1.58. The van der Waals surface area contributed by atoms with Crippen LogP contribution in [-0.2, 0) is 9.59 Å². The maximum Gasteiger partial charge on any atom is 0.328 e. The lowest BCUT2D eigenvalue weighted by Gasteiger charge is -2.04. The molecule has 0 unspecified atom stereocenters. The number of hydrogen-bond donors (Lipinski definition) is 2. The summed E-state index contributed by atoms with van der Waals surface area (Å²) in [5.41, 5.74) is 0.572. The maximum atomic E-state index is 11.3. The number of carboxylic acids is 1. The standard InChI is InChI=1S/C10H7Br2NO3/c11-6-1-2-8(7(12)5-6)13-9(14)3-4-10(15)16/h1-5H,(H,13,14)(H,15,16). The van der Waals surface area contributed by atoms with Gasteiger partial charge in [-0.25, -0.2) is 4.79 Å². The van der Waals surface area contributed by atoms with Gasteiger partial charge in [0.1, 0.15) is 0 Å². The van der Waals surface area contributed by atoms with Crippen LogP contribution in [-0.4, -0.2) is 17.0 Å². The molecule has 0 bridgehead atoms. The Kier molecular flexibility index (Phi) is 4.70. The summed E-state index contributed by atoms with van der Waals surface area (Å²) in [5.74, 6) is -1.66. The Morgan fingerprint density at radius 1 is 1.25 bits per heavy atom. The Balaban J connectivity index is 2.73. The average Bonchev–Trinajstić information content (AvgIpc) is 2.19. The van der Waals surface area contributed by atoms with Crippen molar-refractivity contribution in [1.82, 2.24) is 0 Å². The molecule has 1 aromatic carbocycles. The molecular formula is C10H7Br2NO3. The van der Waals surface area contributed by atoms with Crippen LogP contribution in [0, 0.1) is 0 Å². The summed E-state index contributed by atoms with van der Waals surface area (Å²) in [4.78, 5) is 21.4. The molecule has 0 heterocycles. The van der Waals surface area contributed by atoms with Gasteiger partial charge in [0.25, 0.3) is 0 Å². The lowest BCUT2D eigenvalue weighted by Crippen LogP contribution is -2.09. The lowest BCUT2D eigenvalue weighted by atomic mass is 10.3. The number of amides is 1. The molecule has 4 nitrogen and oxygen atoms in total. The van der Waals surface area contributed by atoms with E-state index in [1.54, 1.807) is 18.2 Å². The van der Waals surface area contributed by atoms with Crippen LogP contribution in [0.4, 0.5) is 5.69 Å². The molecule has 0 spiro atoms. The van der Waals surface area contributed by atoms with Crippen molar-refractivity contribution in [1.29, 1.82) is 0 Å². The minimum atomic E-state index is -1.16. The predicted molar refractivity (Wildman–Crippen MR) is 67.2 cm³/mol. The van der Waals surface area contributed by atoms with Crippen molar-refractivity contribution in [3.8, 4) is 0 Å². The fourth-order valence-corrected chi connectivity index (χ4v) is 2.06. The second-order valence-corrected chi connectivity index (χ2v) is 4.56. The molecule has 0 fully saturated rings. The highest BCUT2D eigenvalue weighted by molar-refractivity contribution is 9.11. The first-order chi connectivity index (χ1) is 7.49. The molecular weight excluding hydrogens is 342 g/mol. The Morgan fingerprint density at radius 3 is 2.50 bits per heavy atom. The van der Waals surface area contributed by atoms with Crippen LogP contribution < -0.4 is 5.32 Å². The summed E-state index contributed by atoms with van der Waals surface area (Å²) in [5, 5.41) is 10.9. The zero-order valence-electron chi connectivity index (χ0n) is 7.91. The van der Waals surface area contributed by atoms with Crippen LogP contribution in [0.25, 0.3) is 0 Å². The van der Waals surface area contributed by atoms with E-state index in [2.05, 4.69) is 37.2 Å². The minimum absolute atomic E-state index is 0.495. The molecule has 1 rings (SSSR count). The number of anilines is 1. The van der Waals surface area contributed by atoms with Gasteiger partial charge in [-0.05, 0) is 34.1 Å². The van der Waals surface area contributed by atoms with Gasteiger partial charge in [-0.15, -0.1) is 0 Å². The van der Waals surface area contributed by atoms with Crippen molar-refractivity contribution >= 4 is 49.4 Å². The molecule has 0 aromatic heterocycles. The summed E-state index contributed by atoms with van der Waals surface area (Å²) >= 11 is 6.55. The van der Waals surface area contributed by atoms with Crippen LogP contribution in [0.5, 0.6) is 0 Å². The molecule has 1 amide bonds. The number of carbonyl (C=O) groups excluding carboxylic acids is 1. The van der Waals surface area contributed by atoms with E-state index >= 15 is 0 Å². The van der Waals surface area contributed by atoms with Crippen molar-refractivity contribution in [2.24, 2.45) is 0 Å². The Hall–Kier alpha value is -1.14.